The van der Waals surface area contributed by atoms with Crippen LogP contribution in [-0.4, -0.2) is 31.9 Å². The summed E-state index contributed by atoms with van der Waals surface area (Å²) in [5, 5.41) is 4.49. The largest absolute Gasteiger partial charge is 0.489 e. The molecule has 0 saturated heterocycles. The lowest BCUT2D eigenvalue weighted by Gasteiger charge is -2.27. The summed E-state index contributed by atoms with van der Waals surface area (Å²) in [6.45, 7) is 1.72. The van der Waals surface area contributed by atoms with Gasteiger partial charge in [0, 0.05) is 11.1 Å². The van der Waals surface area contributed by atoms with E-state index in [-0.39, 0.29) is 23.1 Å². The van der Waals surface area contributed by atoms with Gasteiger partial charge in [-0.1, -0.05) is 144 Å². The highest BCUT2D eigenvalue weighted by atomic mass is 31.2. The SMILES string of the molecule is COC1=C(OC)C(=O)C(CCCCCCCCCCCCCCCCCCC[P+](c2ccccc2)(c2ccccc2)c2ccccc2)=C(C)C1=O. The Kier molecular flexibility index (Phi) is 17.7. The maximum absolute atomic E-state index is 12.8. The van der Waals surface area contributed by atoms with Crippen molar-refractivity contribution in [3.05, 3.63) is 114 Å². The molecule has 5 heteroatoms. The van der Waals surface area contributed by atoms with Crippen LogP contribution in [0.4, 0.5) is 0 Å². The Labute approximate surface area is 309 Å². The molecule has 0 saturated carbocycles. The molecule has 4 rings (SSSR count). The summed E-state index contributed by atoms with van der Waals surface area (Å²) in [7, 11) is 1.13. The van der Waals surface area contributed by atoms with Crippen LogP contribution in [0.25, 0.3) is 0 Å². The van der Waals surface area contributed by atoms with Crippen LogP contribution in [-0.2, 0) is 19.1 Å². The van der Waals surface area contributed by atoms with Crippen LogP contribution in [0.5, 0.6) is 0 Å². The van der Waals surface area contributed by atoms with Crippen molar-refractivity contribution in [3.8, 4) is 0 Å². The Balaban J connectivity index is 1.02. The molecule has 0 heterocycles. The number of unbranched alkanes of at least 4 members (excludes halogenated alkanes) is 16. The van der Waals surface area contributed by atoms with Gasteiger partial charge in [-0.05, 0) is 69.0 Å². The highest BCUT2D eigenvalue weighted by Crippen LogP contribution is 2.56. The summed E-state index contributed by atoms with van der Waals surface area (Å²) in [6.07, 6.45) is 23.8. The molecule has 0 bridgehead atoms. The molecule has 3 aromatic rings. The quantitative estimate of drug-likeness (QED) is 0.0499. The first-order valence-electron chi connectivity index (χ1n) is 19.7. The van der Waals surface area contributed by atoms with Crippen molar-refractivity contribution in [2.24, 2.45) is 0 Å². The fourth-order valence-corrected chi connectivity index (χ4v) is 12.1. The molecular formula is C46H62O4P+. The van der Waals surface area contributed by atoms with E-state index >= 15 is 0 Å². The van der Waals surface area contributed by atoms with Crippen molar-refractivity contribution in [1.29, 1.82) is 0 Å². The Morgan fingerprint density at radius 3 is 1.10 bits per heavy atom. The molecule has 0 radical (unpaired) electrons. The van der Waals surface area contributed by atoms with E-state index in [4.69, 9.17) is 9.47 Å². The third-order valence-corrected chi connectivity index (χ3v) is 15.1. The summed E-state index contributed by atoms with van der Waals surface area (Å²) < 4.78 is 10.3. The van der Waals surface area contributed by atoms with E-state index in [0.717, 1.165) is 12.8 Å². The smallest absolute Gasteiger partial charge is 0.228 e. The first-order chi connectivity index (χ1) is 25.0. The van der Waals surface area contributed by atoms with Crippen LogP contribution in [0.15, 0.2) is 114 Å². The predicted molar refractivity (Wildman–Crippen MR) is 217 cm³/mol. The summed E-state index contributed by atoms with van der Waals surface area (Å²) in [4.78, 5) is 25.3. The first kappa shape index (κ1) is 40.3. The predicted octanol–water partition coefficient (Wildman–Crippen LogP) is 11.0. The second kappa shape index (κ2) is 22.4. The Bertz CT molecular complexity index is 1430. The van der Waals surface area contributed by atoms with E-state index in [1.54, 1.807) is 6.92 Å². The van der Waals surface area contributed by atoms with Crippen LogP contribution >= 0.6 is 7.26 Å². The summed E-state index contributed by atoms with van der Waals surface area (Å²) in [5.74, 6) is -0.371. The molecule has 1 aliphatic carbocycles. The average Bonchev–Trinajstić information content (AvgIpc) is 3.17. The van der Waals surface area contributed by atoms with Crippen molar-refractivity contribution in [2.75, 3.05) is 20.4 Å². The van der Waals surface area contributed by atoms with Crippen molar-refractivity contribution in [2.45, 2.75) is 122 Å². The van der Waals surface area contributed by atoms with E-state index in [0.29, 0.717) is 17.6 Å². The number of carbonyl (C=O) groups excluding carboxylic acids is 2. The number of allylic oxidation sites excluding steroid dienone is 2. The number of methoxy groups -OCH3 is 2. The van der Waals surface area contributed by atoms with Crippen LogP contribution in [0.1, 0.15) is 122 Å². The van der Waals surface area contributed by atoms with E-state index in [1.165, 1.54) is 133 Å². The molecule has 1 aliphatic rings. The lowest BCUT2D eigenvalue weighted by atomic mass is 9.89. The Hall–Kier alpha value is -3.49. The number of Topliss-reactive ketones (excluding diaryl/α,β-unsaturated/α-hetero) is 2. The number of rotatable bonds is 25. The third-order valence-electron chi connectivity index (χ3n) is 10.6. The van der Waals surface area contributed by atoms with Crippen molar-refractivity contribution in [1.82, 2.24) is 0 Å². The zero-order valence-electron chi connectivity index (χ0n) is 31.7. The molecule has 0 N–H and O–H groups in total. The summed E-state index contributed by atoms with van der Waals surface area (Å²) in [6, 6.07) is 33.9. The molecule has 0 spiro atoms. The first-order valence-corrected chi connectivity index (χ1v) is 21.7. The molecule has 0 unspecified atom stereocenters. The molecule has 0 aromatic heterocycles. The van der Waals surface area contributed by atoms with Gasteiger partial charge in [-0.2, -0.15) is 0 Å². The average molecular weight is 710 g/mol. The van der Waals surface area contributed by atoms with Gasteiger partial charge in [0.15, 0.2) is 0 Å². The fraction of sp³-hybridized carbons (Fsp3) is 0.478. The monoisotopic (exact) mass is 709 g/mol. The number of carbonyl (C=O) groups is 2. The van der Waals surface area contributed by atoms with Crippen molar-refractivity contribution >= 4 is 34.7 Å². The van der Waals surface area contributed by atoms with Crippen LogP contribution in [0, 0.1) is 0 Å². The van der Waals surface area contributed by atoms with E-state index in [2.05, 4.69) is 91.0 Å². The standard InChI is InChI=1S/C46H62O4P/c1-38-42(44(48)46(50-3)45(49-2)43(38)47)36-28-17-15-13-11-9-7-5-4-6-8-10-12-14-16-18-29-37-51(39-30-22-19-23-31-39,40-32-24-20-25-33-40)41-34-26-21-27-35-41/h19-27,30-35H,4-18,28-29,36-37H2,1-3H3/q+1. The zero-order valence-corrected chi connectivity index (χ0v) is 32.6. The lowest BCUT2D eigenvalue weighted by molar-refractivity contribution is -0.121. The van der Waals surface area contributed by atoms with Crippen molar-refractivity contribution < 1.29 is 19.1 Å². The number of ether oxygens (including phenoxy) is 2. The minimum absolute atomic E-state index is 0.0243. The molecule has 0 fully saturated rings. The van der Waals surface area contributed by atoms with Crippen LogP contribution in [0.2, 0.25) is 0 Å². The zero-order chi connectivity index (χ0) is 36.2. The molecular weight excluding hydrogens is 647 g/mol. The minimum atomic E-state index is -1.69. The molecule has 3 aromatic carbocycles. The summed E-state index contributed by atoms with van der Waals surface area (Å²) >= 11 is 0. The Morgan fingerprint density at radius 2 is 0.745 bits per heavy atom. The maximum Gasteiger partial charge on any atom is 0.228 e. The van der Waals surface area contributed by atoms with Gasteiger partial charge in [-0.3, -0.25) is 9.59 Å². The third kappa shape index (κ3) is 11.5. The fourth-order valence-electron chi connectivity index (χ4n) is 7.68. The highest BCUT2D eigenvalue weighted by Gasteiger charge is 2.44. The van der Waals surface area contributed by atoms with E-state index < -0.39 is 7.26 Å². The molecule has 4 nitrogen and oxygen atoms in total. The van der Waals surface area contributed by atoms with Gasteiger partial charge in [-0.15, -0.1) is 0 Å². The Morgan fingerprint density at radius 1 is 0.431 bits per heavy atom. The van der Waals surface area contributed by atoms with Crippen LogP contribution in [0.3, 0.4) is 0 Å². The number of hydrogen-bond acceptors (Lipinski definition) is 4. The number of hydrogen-bond donors (Lipinski definition) is 0. The highest BCUT2D eigenvalue weighted by molar-refractivity contribution is 7.95. The second-order valence-electron chi connectivity index (χ2n) is 14.1. The summed E-state index contributed by atoms with van der Waals surface area (Å²) in [5.41, 5.74) is 1.08. The second-order valence-corrected chi connectivity index (χ2v) is 17.7. The van der Waals surface area contributed by atoms with Crippen molar-refractivity contribution in [3.63, 3.8) is 0 Å². The van der Waals surface area contributed by atoms with Crippen LogP contribution < -0.4 is 15.9 Å². The van der Waals surface area contributed by atoms with Gasteiger partial charge >= 0.3 is 0 Å². The number of ketones is 2. The van der Waals surface area contributed by atoms with E-state index in [9.17, 15) is 9.59 Å². The topological polar surface area (TPSA) is 52.6 Å². The van der Waals surface area contributed by atoms with Gasteiger partial charge in [0.05, 0.1) is 20.4 Å². The van der Waals surface area contributed by atoms with Gasteiger partial charge in [0.1, 0.15) is 23.2 Å². The van der Waals surface area contributed by atoms with Gasteiger partial charge in [0.2, 0.25) is 23.1 Å². The van der Waals surface area contributed by atoms with Gasteiger partial charge < -0.3 is 9.47 Å². The normalized spacial score (nSPS) is 13.6. The lowest BCUT2D eigenvalue weighted by Crippen LogP contribution is -2.33. The van der Waals surface area contributed by atoms with E-state index in [1.807, 2.05) is 0 Å². The molecule has 274 valence electrons. The molecule has 51 heavy (non-hydrogen) atoms. The molecule has 0 aliphatic heterocycles. The van der Waals surface area contributed by atoms with Gasteiger partial charge in [0.25, 0.3) is 0 Å². The maximum atomic E-state index is 12.8. The van der Waals surface area contributed by atoms with Gasteiger partial charge in [-0.25, -0.2) is 0 Å². The number of benzene rings is 3. The minimum Gasteiger partial charge on any atom is -0.489 e. The molecule has 0 amide bonds. The molecule has 0 atom stereocenters.